The van der Waals surface area contributed by atoms with Gasteiger partial charge in [0.2, 0.25) is 0 Å². The highest BCUT2D eigenvalue weighted by Gasteiger charge is 2.33. The van der Waals surface area contributed by atoms with E-state index in [1.165, 1.54) is 24.3 Å². The maximum absolute atomic E-state index is 12.5. The van der Waals surface area contributed by atoms with E-state index in [0.717, 1.165) is 0 Å². The molecule has 1 atom stereocenters. The summed E-state index contributed by atoms with van der Waals surface area (Å²) in [5, 5.41) is 13.4. The van der Waals surface area contributed by atoms with Crippen LogP contribution in [0.4, 0.5) is 18.0 Å². The zero-order valence-corrected chi connectivity index (χ0v) is 11.1. The molecule has 2 amide bonds. The van der Waals surface area contributed by atoms with Crippen LogP contribution in [-0.2, 0) is 0 Å². The number of carbonyl (C=O) groups excluding carboxylic acids is 1. The van der Waals surface area contributed by atoms with Crippen LogP contribution in [0.15, 0.2) is 24.3 Å². The van der Waals surface area contributed by atoms with Gasteiger partial charge in [0.05, 0.1) is 19.1 Å². The average molecular weight is 311 g/mol. The lowest BCUT2D eigenvalue weighted by Gasteiger charge is -2.21. The van der Waals surface area contributed by atoms with Crippen LogP contribution in [-0.4, -0.2) is 30.5 Å². The predicted molar refractivity (Wildman–Crippen MR) is 68.5 cm³/mol. The third-order valence-electron chi connectivity index (χ3n) is 2.41. The first-order valence-electron chi connectivity index (χ1n) is 5.79. The largest absolute Gasteiger partial charge is 0.395 e. The smallest absolute Gasteiger partial charge is 0.391 e. The van der Waals surface area contributed by atoms with Crippen molar-refractivity contribution < 1.29 is 23.1 Å². The quantitative estimate of drug-likeness (QED) is 0.783. The molecule has 1 aromatic rings. The van der Waals surface area contributed by atoms with E-state index in [0.29, 0.717) is 10.6 Å². The number of alkyl halides is 3. The summed E-state index contributed by atoms with van der Waals surface area (Å²) in [6.07, 6.45) is -5.62. The van der Waals surface area contributed by atoms with Gasteiger partial charge in [0, 0.05) is 11.6 Å². The highest BCUT2D eigenvalue weighted by Crippen LogP contribution is 2.30. The molecule has 0 radical (unpaired) electrons. The molecule has 4 nitrogen and oxygen atoms in total. The Kier molecular flexibility index (Phi) is 6.09. The number of urea groups is 1. The van der Waals surface area contributed by atoms with Gasteiger partial charge in [-0.1, -0.05) is 23.7 Å². The number of amides is 2. The summed E-state index contributed by atoms with van der Waals surface area (Å²) >= 11 is 5.67. The van der Waals surface area contributed by atoms with E-state index in [2.05, 4.69) is 10.6 Å². The molecule has 0 spiro atoms. The third kappa shape index (κ3) is 6.12. The molecule has 112 valence electrons. The molecule has 0 aliphatic heterocycles. The molecule has 20 heavy (non-hydrogen) atoms. The van der Waals surface area contributed by atoms with Gasteiger partial charge in [-0.25, -0.2) is 4.79 Å². The Bertz CT molecular complexity index is 437. The van der Waals surface area contributed by atoms with Crippen LogP contribution in [0.1, 0.15) is 18.0 Å². The van der Waals surface area contributed by atoms with E-state index in [4.69, 9.17) is 16.7 Å². The van der Waals surface area contributed by atoms with Crippen molar-refractivity contribution in [1.82, 2.24) is 10.6 Å². The number of hydrogen-bond donors (Lipinski definition) is 3. The van der Waals surface area contributed by atoms with Gasteiger partial charge in [-0.15, -0.1) is 0 Å². The summed E-state index contributed by atoms with van der Waals surface area (Å²) in [6, 6.07) is 3.76. The van der Waals surface area contributed by atoms with E-state index in [1.807, 2.05) is 0 Å². The second-order valence-electron chi connectivity index (χ2n) is 4.05. The lowest BCUT2D eigenvalue weighted by Crippen LogP contribution is -2.40. The van der Waals surface area contributed by atoms with Crippen molar-refractivity contribution in [1.29, 1.82) is 0 Å². The number of carbonyl (C=O) groups is 1. The van der Waals surface area contributed by atoms with E-state index in [1.54, 1.807) is 0 Å². The molecule has 1 rings (SSSR count). The second-order valence-corrected chi connectivity index (χ2v) is 4.48. The molecule has 0 unspecified atom stereocenters. The molecular formula is C12H14ClF3N2O2. The first-order valence-corrected chi connectivity index (χ1v) is 6.17. The summed E-state index contributed by atoms with van der Waals surface area (Å²) in [5.74, 6) is 0. The average Bonchev–Trinajstić information content (AvgIpc) is 2.35. The summed E-state index contributed by atoms with van der Waals surface area (Å²) in [4.78, 5) is 11.4. The van der Waals surface area contributed by atoms with E-state index in [-0.39, 0.29) is 13.2 Å². The number of halogens is 4. The predicted octanol–water partition coefficient (Wildman–Crippen LogP) is 2.63. The molecule has 0 saturated heterocycles. The van der Waals surface area contributed by atoms with Crippen LogP contribution in [0.3, 0.4) is 0 Å². The summed E-state index contributed by atoms with van der Waals surface area (Å²) in [7, 11) is 0. The van der Waals surface area contributed by atoms with E-state index < -0.39 is 24.7 Å². The highest BCUT2D eigenvalue weighted by molar-refractivity contribution is 6.30. The number of nitrogens with one attached hydrogen (secondary N) is 2. The number of hydrogen-bond acceptors (Lipinski definition) is 2. The van der Waals surface area contributed by atoms with Crippen LogP contribution in [0.25, 0.3) is 0 Å². The van der Waals surface area contributed by atoms with Crippen LogP contribution in [0.5, 0.6) is 0 Å². The molecule has 0 saturated carbocycles. The van der Waals surface area contributed by atoms with Crippen molar-refractivity contribution in [3.8, 4) is 0 Å². The Labute approximate surface area is 118 Å². The van der Waals surface area contributed by atoms with Crippen LogP contribution in [0, 0.1) is 0 Å². The molecule has 8 heteroatoms. The lowest BCUT2D eigenvalue weighted by atomic mass is 10.0. The van der Waals surface area contributed by atoms with Crippen LogP contribution < -0.4 is 10.6 Å². The normalized spacial score (nSPS) is 12.8. The number of aliphatic hydroxyl groups excluding tert-OH is 1. The van der Waals surface area contributed by atoms with Gasteiger partial charge in [0.15, 0.2) is 0 Å². The summed E-state index contributed by atoms with van der Waals surface area (Å²) in [6.45, 7) is -0.330. The second kappa shape index (κ2) is 7.35. The van der Waals surface area contributed by atoms with Crippen molar-refractivity contribution in [2.75, 3.05) is 13.2 Å². The molecule has 3 N–H and O–H groups in total. The molecule has 0 aromatic heterocycles. The van der Waals surface area contributed by atoms with Crippen molar-refractivity contribution in [3.63, 3.8) is 0 Å². The maximum atomic E-state index is 12.5. The molecule has 0 aliphatic rings. The van der Waals surface area contributed by atoms with Crippen molar-refractivity contribution in [3.05, 3.63) is 34.9 Å². The van der Waals surface area contributed by atoms with Gasteiger partial charge in [-0.2, -0.15) is 13.2 Å². The van der Waals surface area contributed by atoms with Gasteiger partial charge in [-0.3, -0.25) is 0 Å². The van der Waals surface area contributed by atoms with Crippen molar-refractivity contribution in [2.24, 2.45) is 0 Å². The number of aliphatic hydroxyl groups is 1. The van der Waals surface area contributed by atoms with Crippen molar-refractivity contribution >= 4 is 17.6 Å². The van der Waals surface area contributed by atoms with E-state index >= 15 is 0 Å². The fourth-order valence-electron chi connectivity index (χ4n) is 1.56. The monoisotopic (exact) mass is 310 g/mol. The zero-order valence-electron chi connectivity index (χ0n) is 10.4. The molecule has 0 heterocycles. The van der Waals surface area contributed by atoms with Gasteiger partial charge in [0.1, 0.15) is 0 Å². The standard InChI is InChI=1S/C12H14ClF3N2O2/c13-9-3-1-8(2-4-9)10(7-12(14,15)16)18-11(20)17-5-6-19/h1-4,10,19H,5-7H2,(H2,17,18,20)/t10-/m0/s1. The van der Waals surface area contributed by atoms with Gasteiger partial charge < -0.3 is 15.7 Å². The highest BCUT2D eigenvalue weighted by atomic mass is 35.5. The van der Waals surface area contributed by atoms with E-state index in [9.17, 15) is 18.0 Å². The fourth-order valence-corrected chi connectivity index (χ4v) is 1.68. The number of benzene rings is 1. The number of rotatable bonds is 5. The molecule has 0 fully saturated rings. The van der Waals surface area contributed by atoms with Gasteiger partial charge in [0.25, 0.3) is 0 Å². The topological polar surface area (TPSA) is 61.4 Å². The minimum absolute atomic E-state index is 0.0365. The Balaban J connectivity index is 2.80. The molecule has 0 bridgehead atoms. The Morgan fingerprint density at radius 3 is 2.40 bits per heavy atom. The SMILES string of the molecule is O=C(NCCO)N[C@@H](CC(F)(F)F)c1ccc(Cl)cc1. The van der Waals surface area contributed by atoms with Crippen molar-refractivity contribution in [2.45, 2.75) is 18.6 Å². The minimum Gasteiger partial charge on any atom is -0.395 e. The maximum Gasteiger partial charge on any atom is 0.391 e. The van der Waals surface area contributed by atoms with Gasteiger partial charge >= 0.3 is 12.2 Å². The van der Waals surface area contributed by atoms with Crippen LogP contribution >= 0.6 is 11.6 Å². The fraction of sp³-hybridized carbons (Fsp3) is 0.417. The first-order chi connectivity index (χ1) is 9.31. The molecule has 1 aromatic carbocycles. The Morgan fingerprint density at radius 1 is 1.30 bits per heavy atom. The Morgan fingerprint density at radius 2 is 1.90 bits per heavy atom. The molecular weight excluding hydrogens is 297 g/mol. The zero-order chi connectivity index (χ0) is 15.2. The minimum atomic E-state index is -4.42. The Hall–Kier alpha value is -1.47. The summed E-state index contributed by atoms with van der Waals surface area (Å²) in [5.41, 5.74) is 0.297. The lowest BCUT2D eigenvalue weighted by molar-refractivity contribution is -0.139. The third-order valence-corrected chi connectivity index (χ3v) is 2.66. The summed E-state index contributed by atoms with van der Waals surface area (Å²) < 4.78 is 37.6. The first kappa shape index (κ1) is 16.6. The molecule has 0 aliphatic carbocycles. The van der Waals surface area contributed by atoms with Crippen LogP contribution in [0.2, 0.25) is 5.02 Å². The van der Waals surface area contributed by atoms with Gasteiger partial charge in [-0.05, 0) is 17.7 Å².